The molecule has 2 aromatic heterocycles. The molecule has 0 aromatic carbocycles. The Morgan fingerprint density at radius 1 is 0.281 bits per heavy atom. The third-order valence-corrected chi connectivity index (χ3v) is 12.5. The molecule has 2 rings (SSSR count). The van der Waals surface area contributed by atoms with E-state index in [1.54, 1.807) is 0 Å². The summed E-state index contributed by atoms with van der Waals surface area (Å²) in [5.41, 5.74) is 17.5. The lowest BCUT2D eigenvalue weighted by atomic mass is 10.0. The van der Waals surface area contributed by atoms with Crippen molar-refractivity contribution in [1.82, 2.24) is 0 Å². The Kier molecular flexibility index (Phi) is 36.9. The SMILES string of the molecule is [NH-]CCCCCCCCCCCCCCCC[n+]1cccc(CCCCCCCCCCCc2ccc[n+](CCCCCCCCCCCCCCCC[NH-])c2)c1. The van der Waals surface area contributed by atoms with E-state index in [1.807, 2.05) is 0 Å². The lowest BCUT2D eigenvalue weighted by Crippen LogP contribution is -2.33. The first kappa shape index (κ1) is 51.4. The second-order valence-electron chi connectivity index (χ2n) is 18.0. The maximum atomic E-state index is 7.21. The van der Waals surface area contributed by atoms with Crippen molar-refractivity contribution in [2.75, 3.05) is 13.1 Å². The monoisotopic (exact) mass is 789 g/mol. The average molecular weight is 789 g/mol. The number of aromatic nitrogens is 2. The Hall–Kier alpha value is -1.78. The highest BCUT2D eigenvalue weighted by Gasteiger charge is 2.05. The number of rotatable bonds is 44. The van der Waals surface area contributed by atoms with Crippen molar-refractivity contribution in [3.63, 3.8) is 0 Å². The molecular formula is C53H96N4. The summed E-state index contributed by atoms with van der Waals surface area (Å²) in [4.78, 5) is 0. The fraction of sp³-hybridized carbons (Fsp3) is 0.811. The smallest absolute Gasteiger partial charge is 0.171 e. The van der Waals surface area contributed by atoms with Crippen LogP contribution in [0.2, 0.25) is 0 Å². The van der Waals surface area contributed by atoms with Gasteiger partial charge in [0.15, 0.2) is 24.8 Å². The van der Waals surface area contributed by atoms with Gasteiger partial charge in [-0.15, -0.1) is 0 Å². The molecule has 0 radical (unpaired) electrons. The fourth-order valence-electron chi connectivity index (χ4n) is 8.70. The molecule has 0 spiro atoms. The first-order chi connectivity index (χ1) is 28.3. The van der Waals surface area contributed by atoms with Gasteiger partial charge in [-0.05, 0) is 50.7 Å². The molecule has 2 aromatic rings. The number of unbranched alkanes of at least 4 members (excludes halogenated alkanes) is 34. The lowest BCUT2D eigenvalue weighted by Gasteiger charge is -2.05. The minimum absolute atomic E-state index is 0.613. The van der Waals surface area contributed by atoms with Gasteiger partial charge in [0.25, 0.3) is 0 Å². The number of aryl methyl sites for hydroxylation is 4. The number of hydrogen-bond acceptors (Lipinski definition) is 0. The van der Waals surface area contributed by atoms with Gasteiger partial charge < -0.3 is 11.5 Å². The summed E-state index contributed by atoms with van der Waals surface area (Å²) >= 11 is 0. The van der Waals surface area contributed by atoms with Gasteiger partial charge in [-0.3, -0.25) is 0 Å². The van der Waals surface area contributed by atoms with Gasteiger partial charge in [0.1, 0.15) is 13.1 Å². The van der Waals surface area contributed by atoms with Gasteiger partial charge >= 0.3 is 0 Å². The van der Waals surface area contributed by atoms with Crippen LogP contribution in [0.25, 0.3) is 11.5 Å². The molecule has 0 bridgehead atoms. The average Bonchev–Trinajstić information content (AvgIpc) is 3.23. The van der Waals surface area contributed by atoms with Crippen molar-refractivity contribution in [3.05, 3.63) is 71.6 Å². The molecule has 2 N–H and O–H groups in total. The van der Waals surface area contributed by atoms with Gasteiger partial charge in [-0.2, -0.15) is 13.1 Å². The van der Waals surface area contributed by atoms with E-state index in [9.17, 15) is 0 Å². The second-order valence-corrected chi connectivity index (χ2v) is 18.0. The van der Waals surface area contributed by atoms with Crippen molar-refractivity contribution in [2.24, 2.45) is 0 Å². The van der Waals surface area contributed by atoms with Crippen LogP contribution < -0.4 is 9.13 Å². The van der Waals surface area contributed by atoms with Crippen LogP contribution in [0.15, 0.2) is 49.1 Å². The number of hydrogen-bond donors (Lipinski definition) is 0. The molecule has 0 saturated heterocycles. The van der Waals surface area contributed by atoms with Crippen LogP contribution in [0.5, 0.6) is 0 Å². The molecule has 0 unspecified atom stereocenters. The fourth-order valence-corrected chi connectivity index (χ4v) is 8.70. The van der Waals surface area contributed by atoms with Gasteiger partial charge in [-0.1, -0.05) is 199 Å². The van der Waals surface area contributed by atoms with E-state index in [-0.39, 0.29) is 0 Å². The summed E-state index contributed by atoms with van der Waals surface area (Å²) in [5, 5.41) is 0. The predicted octanol–water partition coefficient (Wildman–Crippen LogP) is 16.6. The van der Waals surface area contributed by atoms with E-state index >= 15 is 0 Å². The molecule has 0 atom stereocenters. The van der Waals surface area contributed by atoms with Crippen LogP contribution in [0, 0.1) is 0 Å². The molecule has 0 aliphatic heterocycles. The van der Waals surface area contributed by atoms with E-state index in [0.717, 1.165) is 12.8 Å². The molecule has 0 saturated carbocycles. The van der Waals surface area contributed by atoms with E-state index in [0.29, 0.717) is 13.1 Å². The van der Waals surface area contributed by atoms with Gasteiger partial charge in [0.05, 0.1) is 0 Å². The summed E-state index contributed by atoms with van der Waals surface area (Å²) < 4.78 is 4.88. The van der Waals surface area contributed by atoms with Crippen molar-refractivity contribution < 1.29 is 9.13 Å². The van der Waals surface area contributed by atoms with Crippen LogP contribution >= 0.6 is 0 Å². The van der Waals surface area contributed by atoms with E-state index in [1.165, 1.54) is 262 Å². The highest BCUT2D eigenvalue weighted by Crippen LogP contribution is 2.16. The van der Waals surface area contributed by atoms with Gasteiger partial charge in [-0.25, -0.2) is 9.13 Å². The Balaban J connectivity index is 1.33. The molecule has 0 aliphatic rings. The third-order valence-electron chi connectivity index (χ3n) is 12.5. The van der Waals surface area contributed by atoms with Crippen LogP contribution in [0.1, 0.15) is 249 Å². The van der Waals surface area contributed by atoms with Gasteiger partial charge in [0, 0.05) is 36.1 Å². The number of pyridine rings is 2. The van der Waals surface area contributed by atoms with E-state index < -0.39 is 0 Å². The Morgan fingerprint density at radius 3 is 0.772 bits per heavy atom. The molecular weight excluding hydrogens is 693 g/mol. The highest BCUT2D eigenvalue weighted by molar-refractivity contribution is 5.05. The molecule has 57 heavy (non-hydrogen) atoms. The minimum atomic E-state index is 0.613. The predicted molar refractivity (Wildman–Crippen MR) is 250 cm³/mol. The van der Waals surface area contributed by atoms with Crippen molar-refractivity contribution in [2.45, 2.75) is 264 Å². The zero-order valence-corrected chi connectivity index (χ0v) is 37.9. The zero-order valence-electron chi connectivity index (χ0n) is 37.9. The molecule has 4 heteroatoms. The minimum Gasteiger partial charge on any atom is -0.677 e. The first-order valence-electron chi connectivity index (χ1n) is 25.6. The molecule has 0 amide bonds. The molecule has 328 valence electrons. The zero-order chi connectivity index (χ0) is 40.4. The van der Waals surface area contributed by atoms with Crippen LogP contribution in [0.4, 0.5) is 0 Å². The molecule has 2 heterocycles. The van der Waals surface area contributed by atoms with Crippen molar-refractivity contribution >= 4 is 0 Å². The summed E-state index contributed by atoms with van der Waals surface area (Å²) in [7, 11) is 0. The third kappa shape index (κ3) is 33.7. The molecule has 0 aliphatic carbocycles. The number of nitrogens with one attached hydrogen (secondary N) is 2. The van der Waals surface area contributed by atoms with Crippen LogP contribution in [-0.4, -0.2) is 13.1 Å². The maximum Gasteiger partial charge on any atom is 0.171 e. The van der Waals surface area contributed by atoms with Crippen molar-refractivity contribution in [3.8, 4) is 0 Å². The number of nitrogens with zero attached hydrogens (tertiary/aromatic N) is 2. The summed E-state index contributed by atoms with van der Waals surface area (Å²) in [6, 6.07) is 9.21. The quantitative estimate of drug-likeness (QED) is 0.0474. The van der Waals surface area contributed by atoms with Crippen LogP contribution in [0.3, 0.4) is 0 Å². The highest BCUT2D eigenvalue weighted by atomic mass is 14.9. The Bertz CT molecular complexity index is 1020. The largest absolute Gasteiger partial charge is 0.677 e. The second kappa shape index (κ2) is 41.0. The van der Waals surface area contributed by atoms with Gasteiger partial charge in [0.2, 0.25) is 0 Å². The lowest BCUT2D eigenvalue weighted by molar-refractivity contribution is -0.697. The van der Waals surface area contributed by atoms with E-state index in [4.69, 9.17) is 11.5 Å². The molecule has 0 fully saturated rings. The summed E-state index contributed by atoms with van der Waals surface area (Å²) in [6.45, 7) is 3.58. The Labute approximate surface area is 356 Å². The summed E-state index contributed by atoms with van der Waals surface area (Å²) in [6.07, 6.45) is 62.7. The maximum absolute atomic E-state index is 7.21. The summed E-state index contributed by atoms with van der Waals surface area (Å²) in [5.74, 6) is 0. The Morgan fingerprint density at radius 2 is 0.509 bits per heavy atom. The normalized spacial score (nSPS) is 11.5. The standard InChI is InChI=1S/C53H96N4/c54-44-34-28-22-16-9-5-1-3-7-11-18-24-30-36-46-56-48-38-42-52(50-56)40-32-26-20-14-13-15-21-27-33-41-53-43-39-49-57(51-53)47-37-31-25-19-12-8-4-2-6-10-17-23-29-35-45-55/h38-39,42-43,48-51,54-55H,1-37,40-41,44-47H2. The van der Waals surface area contributed by atoms with Crippen molar-refractivity contribution in [1.29, 1.82) is 0 Å². The first-order valence-corrected chi connectivity index (χ1v) is 25.6. The molecule has 4 nitrogen and oxygen atoms in total. The van der Waals surface area contributed by atoms with Crippen LogP contribution in [-0.2, 0) is 25.9 Å². The van der Waals surface area contributed by atoms with E-state index in [2.05, 4.69) is 58.2 Å². The topological polar surface area (TPSA) is 55.4 Å².